The van der Waals surface area contributed by atoms with E-state index in [9.17, 15) is 19.2 Å². The molecule has 4 aromatic heterocycles. The highest BCUT2D eigenvalue weighted by atomic mass is 19.1. The number of hydrogen-bond donors (Lipinski definition) is 3. The number of fused-ring (bicyclic) bond motifs is 1. The summed E-state index contributed by atoms with van der Waals surface area (Å²) in [6.07, 6.45) is 9.88. The molecular weight excluding hydrogens is 919 g/mol. The van der Waals surface area contributed by atoms with Crippen molar-refractivity contribution in [3.63, 3.8) is 0 Å². The number of nitrogen functional groups attached to an aromatic ring is 1. The fourth-order valence-corrected chi connectivity index (χ4v) is 10.6. The molecule has 5 aromatic rings. The molecule has 1 aromatic carbocycles. The number of rotatable bonds is 11. The predicted octanol–water partition coefficient (Wildman–Crippen LogP) is 5.41. The van der Waals surface area contributed by atoms with Gasteiger partial charge in [0.25, 0.3) is 5.91 Å². The predicted molar refractivity (Wildman–Crippen MR) is 257 cm³/mol. The van der Waals surface area contributed by atoms with E-state index in [1.807, 2.05) is 37.8 Å². The smallest absolute Gasteiger partial charge is 0.410 e. The summed E-state index contributed by atoms with van der Waals surface area (Å²) in [4.78, 5) is 75.9. The standard InChI is InChI=1S/C49H60F2N14O6/c1-27(61-17-19-63(20-18-61)42-33(50)21-32(22-34(42)51)57-35-7-8-36(66)58-47(35)68)28-9-13-62(14-10-28)37(67)25-70-48(69)64-15-11-29(12-16-64)31-23-53-45(54-24-31)38-41(60-71-43(38)30-5-6-30)40-39-44(52)55-26-56-46(39)65(59-40)49(2,3)4/h21-24,26-30,35,57H,5-20,25H2,1-4H3,(H2,52,55,56)(H,58,66,68)/t27-,35?/m1/s1. The maximum Gasteiger partial charge on any atom is 0.410 e. The van der Waals surface area contributed by atoms with E-state index in [0.717, 1.165) is 37.0 Å². The molecule has 8 heterocycles. The molecule has 0 spiro atoms. The summed E-state index contributed by atoms with van der Waals surface area (Å²) in [6.45, 7) is 12.1. The van der Waals surface area contributed by atoms with Crippen LogP contribution < -0.4 is 21.3 Å². The molecule has 20 nitrogen and oxygen atoms in total. The number of imide groups is 1. The first-order chi connectivity index (χ1) is 34.1. The van der Waals surface area contributed by atoms with Gasteiger partial charge in [0, 0.05) is 88.8 Å². The number of carbonyl (C=O) groups is 4. The van der Waals surface area contributed by atoms with Gasteiger partial charge in [0.1, 0.15) is 35.3 Å². The highest BCUT2D eigenvalue weighted by molar-refractivity contribution is 6.02. The van der Waals surface area contributed by atoms with Gasteiger partial charge >= 0.3 is 6.09 Å². The number of piperidine rings is 3. The zero-order valence-corrected chi connectivity index (χ0v) is 40.5. The quantitative estimate of drug-likeness (QED) is 0.140. The first-order valence-corrected chi connectivity index (χ1v) is 24.7. The van der Waals surface area contributed by atoms with Crippen molar-refractivity contribution in [3.05, 3.63) is 53.8 Å². The minimum Gasteiger partial charge on any atom is -0.439 e. The molecule has 1 aliphatic carbocycles. The number of nitrogens with two attached hydrogens (primary N) is 1. The molecule has 4 N–H and O–H groups in total. The molecule has 376 valence electrons. The summed E-state index contributed by atoms with van der Waals surface area (Å²) in [5, 5.41) is 15.1. The summed E-state index contributed by atoms with van der Waals surface area (Å²) in [5.74, 6) is -0.398. The van der Waals surface area contributed by atoms with Crippen LogP contribution in [-0.2, 0) is 24.7 Å². The Bertz CT molecular complexity index is 2800. The average Bonchev–Trinajstić information content (AvgIpc) is 3.98. The third-order valence-corrected chi connectivity index (χ3v) is 14.8. The summed E-state index contributed by atoms with van der Waals surface area (Å²) < 4.78 is 44.0. The lowest BCUT2D eigenvalue weighted by Crippen LogP contribution is -2.53. The summed E-state index contributed by atoms with van der Waals surface area (Å²) >= 11 is 0. The molecule has 22 heteroatoms. The Morgan fingerprint density at radius 1 is 0.873 bits per heavy atom. The number of halogens is 2. The molecule has 5 aliphatic rings. The van der Waals surface area contributed by atoms with E-state index < -0.39 is 35.2 Å². The summed E-state index contributed by atoms with van der Waals surface area (Å²) in [7, 11) is 0. The van der Waals surface area contributed by atoms with Crippen LogP contribution in [0.1, 0.15) is 102 Å². The monoisotopic (exact) mass is 978 g/mol. The van der Waals surface area contributed by atoms with Gasteiger partial charge in [-0.3, -0.25) is 24.6 Å². The molecule has 4 aliphatic heterocycles. The van der Waals surface area contributed by atoms with Crippen LogP contribution in [0.2, 0.25) is 0 Å². The van der Waals surface area contributed by atoms with Crippen molar-refractivity contribution < 1.29 is 37.2 Å². The molecular formula is C49H60F2N14O6. The summed E-state index contributed by atoms with van der Waals surface area (Å²) in [6, 6.07) is 1.83. The van der Waals surface area contributed by atoms with Crippen molar-refractivity contribution >= 4 is 52.0 Å². The second-order valence-electron chi connectivity index (χ2n) is 20.5. The Morgan fingerprint density at radius 3 is 2.20 bits per heavy atom. The molecule has 2 atom stereocenters. The number of amides is 4. The zero-order chi connectivity index (χ0) is 49.7. The lowest BCUT2D eigenvalue weighted by molar-refractivity contribution is -0.136. The van der Waals surface area contributed by atoms with Crippen molar-refractivity contribution in [1.29, 1.82) is 0 Å². The average molecular weight is 979 g/mol. The Hall–Kier alpha value is -6.84. The van der Waals surface area contributed by atoms with Crippen molar-refractivity contribution in [2.45, 2.75) is 109 Å². The number of aromatic nitrogens is 7. The number of benzene rings is 1. The van der Waals surface area contributed by atoms with Gasteiger partial charge in [-0.25, -0.2) is 38.2 Å². The SMILES string of the molecule is C[C@H](C1CCN(C(=O)COC(=O)N2CCC(c3cnc(-c4c(-c5nn(C(C)(C)C)c6ncnc(N)c56)noc4C4CC4)nc3)CC2)CC1)N1CCN(c2c(F)cc(NC3CCC(=O)NC3=O)cc2F)CC1. The second kappa shape index (κ2) is 19.4. The third-order valence-electron chi connectivity index (χ3n) is 14.8. The molecule has 1 saturated carbocycles. The second-order valence-corrected chi connectivity index (χ2v) is 20.5. The Kier molecular flexibility index (Phi) is 13.1. The van der Waals surface area contributed by atoms with E-state index in [1.54, 1.807) is 14.7 Å². The number of anilines is 3. The normalized spacial score (nSPS) is 20.4. The van der Waals surface area contributed by atoms with Gasteiger partial charge in [-0.05, 0) is 102 Å². The van der Waals surface area contributed by atoms with Crippen LogP contribution in [0.25, 0.3) is 33.8 Å². The molecule has 4 saturated heterocycles. The first kappa shape index (κ1) is 47.8. The molecule has 71 heavy (non-hydrogen) atoms. The molecule has 0 bridgehead atoms. The Morgan fingerprint density at radius 2 is 1.55 bits per heavy atom. The van der Waals surface area contributed by atoms with Gasteiger partial charge in [-0.15, -0.1) is 0 Å². The number of likely N-dealkylation sites (tertiary alicyclic amines) is 2. The Balaban J connectivity index is 0.674. The van der Waals surface area contributed by atoms with Gasteiger partial charge in [-0.2, -0.15) is 5.10 Å². The van der Waals surface area contributed by atoms with Crippen molar-refractivity contribution in [2.24, 2.45) is 5.92 Å². The van der Waals surface area contributed by atoms with Crippen molar-refractivity contribution in [1.82, 2.24) is 54.9 Å². The van der Waals surface area contributed by atoms with E-state index >= 15 is 8.78 Å². The molecule has 4 amide bonds. The number of nitrogens with one attached hydrogen (secondary N) is 2. The van der Waals surface area contributed by atoms with E-state index in [-0.39, 0.29) is 60.5 Å². The topological polar surface area (TPSA) is 236 Å². The maximum atomic E-state index is 15.3. The zero-order valence-electron chi connectivity index (χ0n) is 40.5. The van der Waals surface area contributed by atoms with Crippen LogP contribution in [0.5, 0.6) is 0 Å². The van der Waals surface area contributed by atoms with Crippen LogP contribution in [0.3, 0.4) is 0 Å². The fourth-order valence-electron chi connectivity index (χ4n) is 10.6. The van der Waals surface area contributed by atoms with Crippen LogP contribution in [0.15, 0.2) is 35.4 Å². The number of ether oxygens (including phenoxy) is 1. The van der Waals surface area contributed by atoms with Gasteiger partial charge in [-0.1, -0.05) is 5.16 Å². The lowest BCUT2D eigenvalue weighted by atomic mass is 9.89. The van der Waals surface area contributed by atoms with Crippen molar-refractivity contribution in [3.8, 4) is 22.8 Å². The highest BCUT2D eigenvalue weighted by Gasteiger charge is 2.38. The van der Waals surface area contributed by atoms with Crippen molar-refractivity contribution in [2.75, 3.05) is 74.9 Å². The minimum atomic E-state index is -0.748. The van der Waals surface area contributed by atoms with Crippen LogP contribution in [0.4, 0.5) is 30.8 Å². The maximum absolute atomic E-state index is 15.3. The van der Waals surface area contributed by atoms with Gasteiger partial charge in [0.2, 0.25) is 11.8 Å². The van der Waals surface area contributed by atoms with Crippen LogP contribution in [0, 0.1) is 17.6 Å². The Labute approximate surface area is 409 Å². The van der Waals surface area contributed by atoms with Gasteiger partial charge in [0.05, 0.1) is 16.5 Å². The minimum absolute atomic E-state index is 0.0962. The number of piperazine rings is 1. The number of nitrogens with zero attached hydrogens (tertiary/aromatic N) is 11. The van der Waals surface area contributed by atoms with E-state index in [1.165, 1.54) is 18.5 Å². The highest BCUT2D eigenvalue weighted by Crippen LogP contribution is 2.48. The number of carbonyl (C=O) groups excluding carboxylic acids is 4. The van der Waals surface area contributed by atoms with E-state index in [0.29, 0.717) is 111 Å². The van der Waals surface area contributed by atoms with E-state index in [4.69, 9.17) is 30.1 Å². The first-order valence-electron chi connectivity index (χ1n) is 24.7. The fraction of sp³-hybridized carbons (Fsp3) is 0.551. The largest absolute Gasteiger partial charge is 0.439 e. The van der Waals surface area contributed by atoms with Gasteiger partial charge in [0.15, 0.2) is 35.5 Å². The van der Waals surface area contributed by atoms with Crippen LogP contribution in [-0.4, -0.2) is 144 Å². The number of hydrogen-bond acceptors (Lipinski definition) is 16. The van der Waals surface area contributed by atoms with Crippen LogP contribution >= 0.6 is 0 Å². The van der Waals surface area contributed by atoms with Gasteiger partial charge < -0.3 is 35.0 Å². The lowest BCUT2D eigenvalue weighted by Gasteiger charge is -2.44. The molecule has 10 rings (SSSR count). The summed E-state index contributed by atoms with van der Waals surface area (Å²) in [5.41, 5.74) is 9.30. The molecule has 5 fully saturated rings. The third kappa shape index (κ3) is 9.81. The van der Waals surface area contributed by atoms with E-state index in [2.05, 4.69) is 37.6 Å². The molecule has 1 unspecified atom stereocenters. The molecule has 0 radical (unpaired) electrons.